The second kappa shape index (κ2) is 6.74. The number of nitrogens with one attached hydrogen (secondary N) is 1. The van der Waals surface area contributed by atoms with Crippen LogP contribution in [0.15, 0.2) is 0 Å². The van der Waals surface area contributed by atoms with Crippen LogP contribution in [0.5, 0.6) is 0 Å². The van der Waals surface area contributed by atoms with Crippen molar-refractivity contribution in [3.05, 3.63) is 0 Å². The van der Waals surface area contributed by atoms with Crippen LogP contribution in [0.1, 0.15) is 32.6 Å². The first kappa shape index (κ1) is 13.3. The third-order valence-corrected chi connectivity index (χ3v) is 2.30. The summed E-state index contributed by atoms with van der Waals surface area (Å²) in [4.78, 5) is 21.0. The van der Waals surface area contributed by atoms with Crippen LogP contribution < -0.4 is 5.32 Å². The van der Waals surface area contributed by atoms with Crippen LogP contribution >= 0.6 is 0 Å². The Bertz CT molecular complexity index is 176. The topological polar surface area (TPSA) is 46.2 Å². The van der Waals surface area contributed by atoms with Gasteiger partial charge in [0.25, 0.3) is 0 Å². The summed E-state index contributed by atoms with van der Waals surface area (Å²) < 4.78 is 0. The molecule has 1 aliphatic carbocycles. The van der Waals surface area contributed by atoms with Crippen molar-refractivity contribution in [1.82, 2.24) is 5.32 Å². The second-order valence-corrected chi connectivity index (χ2v) is 3.37. The summed E-state index contributed by atoms with van der Waals surface area (Å²) in [6.07, 6.45) is 5.59. The molecule has 1 radical (unpaired) electrons. The molecule has 4 heteroatoms. The van der Waals surface area contributed by atoms with Crippen molar-refractivity contribution in [1.29, 1.82) is 0 Å². The fourth-order valence-corrected chi connectivity index (χ4v) is 1.64. The van der Waals surface area contributed by atoms with E-state index in [0.717, 1.165) is 25.7 Å². The third kappa shape index (κ3) is 4.94. The van der Waals surface area contributed by atoms with E-state index in [2.05, 4.69) is 5.32 Å². The van der Waals surface area contributed by atoms with Crippen molar-refractivity contribution in [2.75, 3.05) is 0 Å². The van der Waals surface area contributed by atoms with E-state index in [1.54, 1.807) is 0 Å². The molecule has 0 aromatic heterocycles. The van der Waals surface area contributed by atoms with Crippen LogP contribution in [-0.2, 0) is 9.59 Å². The van der Waals surface area contributed by atoms with Gasteiger partial charge in [-0.05, 0) is 12.8 Å². The fourth-order valence-electron chi connectivity index (χ4n) is 1.64. The number of rotatable bonds is 2. The van der Waals surface area contributed by atoms with Gasteiger partial charge in [0.1, 0.15) is 0 Å². The molecular weight excluding hydrogens is 293 g/mol. The van der Waals surface area contributed by atoms with Gasteiger partial charge >= 0.3 is 0 Å². The summed E-state index contributed by atoms with van der Waals surface area (Å²) in [5.41, 5.74) is 0. The second-order valence-electron chi connectivity index (χ2n) is 3.37. The van der Waals surface area contributed by atoms with Gasteiger partial charge in [-0.1, -0.05) is 12.8 Å². The molecule has 1 amide bonds. The summed E-state index contributed by atoms with van der Waals surface area (Å²) in [5, 5.41) is 2.86. The summed E-state index contributed by atoms with van der Waals surface area (Å²) in [6, 6.07) is 0.284. The van der Waals surface area contributed by atoms with E-state index in [1.807, 2.05) is 6.29 Å². The molecular formula is C9H14LaNO2-. The smallest absolute Gasteiger partial charge is 0.217 e. The van der Waals surface area contributed by atoms with Gasteiger partial charge in [-0.25, -0.2) is 0 Å². The SMILES string of the molecule is CC(=O)NC1CCC([C-]=O)CC1.[La]. The zero-order chi connectivity index (χ0) is 8.97. The molecule has 0 aromatic carbocycles. The van der Waals surface area contributed by atoms with Crippen LogP contribution in [0, 0.1) is 41.5 Å². The van der Waals surface area contributed by atoms with Crippen molar-refractivity contribution in [3.8, 4) is 0 Å². The predicted molar refractivity (Wildman–Crippen MR) is 45.3 cm³/mol. The van der Waals surface area contributed by atoms with Crippen LogP contribution in [0.3, 0.4) is 0 Å². The van der Waals surface area contributed by atoms with Crippen molar-refractivity contribution < 1.29 is 45.2 Å². The molecule has 3 nitrogen and oxygen atoms in total. The molecule has 0 heterocycles. The molecule has 0 atom stereocenters. The van der Waals surface area contributed by atoms with Gasteiger partial charge in [-0.15, -0.1) is 5.92 Å². The normalized spacial score (nSPS) is 27.2. The molecule has 1 fully saturated rings. The predicted octanol–water partition coefficient (Wildman–Crippen LogP) is 0.791. The number of carbonyl (C=O) groups excluding carboxylic acids is 2. The summed E-state index contributed by atoms with van der Waals surface area (Å²) in [5.74, 6) is 0.128. The quantitative estimate of drug-likeness (QED) is 0.767. The number of carbonyl (C=O) groups is 1. The molecule has 1 saturated carbocycles. The average Bonchev–Trinajstić information content (AvgIpc) is 2.05. The Morgan fingerprint density at radius 2 is 1.85 bits per heavy atom. The minimum Gasteiger partial charge on any atom is -0.542 e. The molecule has 0 spiro atoms. The fraction of sp³-hybridized carbons (Fsp3) is 0.778. The first-order chi connectivity index (χ1) is 5.72. The maximum atomic E-state index is 10.7. The molecule has 1 rings (SSSR count). The maximum Gasteiger partial charge on any atom is 0.217 e. The summed E-state index contributed by atoms with van der Waals surface area (Å²) >= 11 is 0. The van der Waals surface area contributed by atoms with Crippen LogP contribution in [0.25, 0.3) is 0 Å². The van der Waals surface area contributed by atoms with Crippen molar-refractivity contribution in [2.45, 2.75) is 38.6 Å². The zero-order valence-corrected chi connectivity index (χ0v) is 11.5. The van der Waals surface area contributed by atoms with Crippen molar-refractivity contribution in [3.63, 3.8) is 0 Å². The van der Waals surface area contributed by atoms with Gasteiger partial charge in [-0.2, -0.15) is 0 Å². The molecule has 0 aliphatic heterocycles. The van der Waals surface area contributed by atoms with Gasteiger partial charge < -0.3 is 10.1 Å². The molecule has 1 N–H and O–H groups in total. The Balaban J connectivity index is 0.00000144. The van der Waals surface area contributed by atoms with Gasteiger partial charge in [0.05, 0.1) is 0 Å². The zero-order valence-electron chi connectivity index (χ0n) is 7.88. The largest absolute Gasteiger partial charge is 0.542 e. The van der Waals surface area contributed by atoms with E-state index < -0.39 is 0 Å². The van der Waals surface area contributed by atoms with E-state index in [-0.39, 0.29) is 53.5 Å². The maximum absolute atomic E-state index is 10.7. The van der Waals surface area contributed by atoms with E-state index >= 15 is 0 Å². The number of hydrogen-bond acceptors (Lipinski definition) is 2. The van der Waals surface area contributed by atoms with Crippen LogP contribution in [-0.4, -0.2) is 18.2 Å². The Kier molecular flexibility index (Phi) is 6.91. The van der Waals surface area contributed by atoms with Gasteiger partial charge in [-0.3, -0.25) is 11.1 Å². The number of hydrogen-bond donors (Lipinski definition) is 1. The third-order valence-electron chi connectivity index (χ3n) is 2.30. The van der Waals surface area contributed by atoms with Gasteiger partial charge in [0.15, 0.2) is 0 Å². The molecule has 0 bridgehead atoms. The minimum absolute atomic E-state index is 0. The van der Waals surface area contributed by atoms with Crippen molar-refractivity contribution >= 4 is 12.2 Å². The molecule has 0 aromatic rings. The summed E-state index contributed by atoms with van der Waals surface area (Å²) in [6.45, 7) is 1.53. The molecule has 71 valence electrons. The first-order valence-corrected chi connectivity index (χ1v) is 4.37. The first-order valence-electron chi connectivity index (χ1n) is 4.37. The van der Waals surface area contributed by atoms with Gasteiger partial charge in [0, 0.05) is 48.6 Å². The standard InChI is InChI=1S/C9H14NO2.La/c1-7(12)10-9-4-2-8(6-11)3-5-9;/h8-9H,2-5H2,1H3,(H,10,12);/q-1;. The van der Waals surface area contributed by atoms with Gasteiger partial charge in [0.2, 0.25) is 5.91 Å². The molecule has 0 unspecified atom stereocenters. The van der Waals surface area contributed by atoms with Crippen molar-refractivity contribution in [2.24, 2.45) is 5.92 Å². The van der Waals surface area contributed by atoms with Crippen LogP contribution in [0.2, 0.25) is 0 Å². The van der Waals surface area contributed by atoms with E-state index in [9.17, 15) is 9.59 Å². The number of amides is 1. The minimum atomic E-state index is 0. The van der Waals surface area contributed by atoms with E-state index in [0.29, 0.717) is 0 Å². The Hall–Kier alpha value is 0.335. The molecule has 0 saturated heterocycles. The Morgan fingerprint density at radius 3 is 2.23 bits per heavy atom. The molecule has 13 heavy (non-hydrogen) atoms. The van der Waals surface area contributed by atoms with E-state index in [4.69, 9.17) is 0 Å². The van der Waals surface area contributed by atoms with Crippen LogP contribution in [0.4, 0.5) is 0 Å². The average molecular weight is 307 g/mol. The monoisotopic (exact) mass is 307 g/mol. The van der Waals surface area contributed by atoms with E-state index in [1.165, 1.54) is 6.92 Å². The Labute approximate surface area is 107 Å². The Morgan fingerprint density at radius 1 is 1.31 bits per heavy atom. The molecule has 1 aliphatic rings. The summed E-state index contributed by atoms with van der Waals surface area (Å²) in [7, 11) is 0.